The summed E-state index contributed by atoms with van der Waals surface area (Å²) in [6.45, 7) is 3.90. The van der Waals surface area contributed by atoms with Crippen molar-refractivity contribution in [2.45, 2.75) is 44.7 Å². The average molecular weight is 275 g/mol. The zero-order chi connectivity index (χ0) is 14.4. The first-order valence-corrected chi connectivity index (χ1v) is 7.50. The molecule has 110 valence electrons. The molecule has 0 spiro atoms. The molecule has 2 rings (SSSR count). The standard InChI is InChI=1S/C16H25N3O/c1-13(17)9-10-16(20)18-14-6-5-11-19(12-14)15-7-3-2-4-8-15/h2-4,7-8,13-14H,5-6,9-12,17H2,1H3,(H,18,20). The molecule has 0 saturated carbocycles. The summed E-state index contributed by atoms with van der Waals surface area (Å²) in [6.07, 6.45) is 3.46. The lowest BCUT2D eigenvalue weighted by Gasteiger charge is -2.34. The van der Waals surface area contributed by atoms with Crippen molar-refractivity contribution < 1.29 is 4.79 Å². The fourth-order valence-corrected chi connectivity index (χ4v) is 2.63. The van der Waals surface area contributed by atoms with Crippen LogP contribution in [0.4, 0.5) is 5.69 Å². The second kappa shape index (κ2) is 7.29. The number of amides is 1. The molecule has 1 aromatic carbocycles. The van der Waals surface area contributed by atoms with Crippen molar-refractivity contribution in [3.05, 3.63) is 30.3 Å². The van der Waals surface area contributed by atoms with E-state index in [0.717, 1.165) is 32.4 Å². The number of hydrogen-bond donors (Lipinski definition) is 2. The number of para-hydroxylation sites is 1. The Morgan fingerprint density at radius 3 is 2.90 bits per heavy atom. The van der Waals surface area contributed by atoms with E-state index in [4.69, 9.17) is 5.73 Å². The number of carbonyl (C=O) groups excluding carboxylic acids is 1. The molecule has 4 heteroatoms. The minimum Gasteiger partial charge on any atom is -0.369 e. The van der Waals surface area contributed by atoms with E-state index in [2.05, 4.69) is 34.5 Å². The van der Waals surface area contributed by atoms with Gasteiger partial charge >= 0.3 is 0 Å². The second-order valence-corrected chi connectivity index (χ2v) is 5.70. The Balaban J connectivity index is 1.83. The molecular formula is C16H25N3O. The van der Waals surface area contributed by atoms with Crippen LogP contribution in [0.3, 0.4) is 0 Å². The van der Waals surface area contributed by atoms with Crippen molar-refractivity contribution in [2.24, 2.45) is 5.73 Å². The Hall–Kier alpha value is -1.55. The maximum absolute atomic E-state index is 11.9. The van der Waals surface area contributed by atoms with Gasteiger partial charge in [0, 0.05) is 37.3 Å². The number of rotatable bonds is 5. The smallest absolute Gasteiger partial charge is 0.220 e. The molecule has 3 N–H and O–H groups in total. The maximum Gasteiger partial charge on any atom is 0.220 e. The van der Waals surface area contributed by atoms with E-state index in [1.165, 1.54) is 5.69 Å². The van der Waals surface area contributed by atoms with Gasteiger partial charge in [0.1, 0.15) is 0 Å². The molecular weight excluding hydrogens is 250 g/mol. The number of hydrogen-bond acceptors (Lipinski definition) is 3. The summed E-state index contributed by atoms with van der Waals surface area (Å²) in [7, 11) is 0. The van der Waals surface area contributed by atoms with E-state index in [1.54, 1.807) is 0 Å². The number of nitrogens with two attached hydrogens (primary N) is 1. The number of nitrogens with one attached hydrogen (secondary N) is 1. The predicted molar refractivity (Wildman–Crippen MR) is 82.7 cm³/mol. The quantitative estimate of drug-likeness (QED) is 0.863. The molecule has 1 amide bonds. The Morgan fingerprint density at radius 2 is 2.20 bits per heavy atom. The van der Waals surface area contributed by atoms with Gasteiger partial charge in [-0.1, -0.05) is 18.2 Å². The Kier molecular flexibility index (Phi) is 5.41. The van der Waals surface area contributed by atoms with Gasteiger partial charge in [0.05, 0.1) is 0 Å². The van der Waals surface area contributed by atoms with E-state index in [0.29, 0.717) is 6.42 Å². The molecule has 2 unspecified atom stereocenters. The van der Waals surface area contributed by atoms with Crippen LogP contribution in [0.25, 0.3) is 0 Å². The van der Waals surface area contributed by atoms with Crippen molar-refractivity contribution in [1.82, 2.24) is 5.32 Å². The molecule has 4 nitrogen and oxygen atoms in total. The highest BCUT2D eigenvalue weighted by Crippen LogP contribution is 2.19. The van der Waals surface area contributed by atoms with Crippen molar-refractivity contribution in [3.8, 4) is 0 Å². The van der Waals surface area contributed by atoms with Gasteiger partial charge in [0.15, 0.2) is 0 Å². The van der Waals surface area contributed by atoms with Crippen LogP contribution in [0.2, 0.25) is 0 Å². The van der Waals surface area contributed by atoms with Gasteiger partial charge in [-0.25, -0.2) is 0 Å². The predicted octanol–water partition coefficient (Wildman–Crippen LogP) is 1.90. The fourth-order valence-electron chi connectivity index (χ4n) is 2.63. The lowest BCUT2D eigenvalue weighted by atomic mass is 10.0. The van der Waals surface area contributed by atoms with Crippen molar-refractivity contribution in [3.63, 3.8) is 0 Å². The molecule has 1 aliphatic rings. The number of anilines is 1. The van der Waals surface area contributed by atoms with E-state index in [-0.39, 0.29) is 18.0 Å². The molecule has 0 bridgehead atoms. The highest BCUT2D eigenvalue weighted by Gasteiger charge is 2.21. The van der Waals surface area contributed by atoms with Crippen LogP contribution in [0.5, 0.6) is 0 Å². The van der Waals surface area contributed by atoms with Crippen LogP contribution in [-0.2, 0) is 4.79 Å². The third kappa shape index (κ3) is 4.53. The van der Waals surface area contributed by atoms with Gasteiger partial charge in [-0.15, -0.1) is 0 Å². The van der Waals surface area contributed by atoms with Gasteiger partial charge in [-0.2, -0.15) is 0 Å². The zero-order valence-corrected chi connectivity index (χ0v) is 12.2. The normalized spacial score (nSPS) is 20.5. The van der Waals surface area contributed by atoms with Gasteiger partial charge in [0.25, 0.3) is 0 Å². The largest absolute Gasteiger partial charge is 0.369 e. The zero-order valence-electron chi connectivity index (χ0n) is 12.2. The van der Waals surface area contributed by atoms with Crippen LogP contribution >= 0.6 is 0 Å². The highest BCUT2D eigenvalue weighted by atomic mass is 16.1. The van der Waals surface area contributed by atoms with Crippen LogP contribution in [0.15, 0.2) is 30.3 Å². The topological polar surface area (TPSA) is 58.4 Å². The molecule has 0 aromatic heterocycles. The summed E-state index contributed by atoms with van der Waals surface area (Å²) in [5.74, 6) is 0.127. The summed E-state index contributed by atoms with van der Waals surface area (Å²) in [6, 6.07) is 10.7. The maximum atomic E-state index is 11.9. The van der Waals surface area contributed by atoms with Crippen LogP contribution in [-0.4, -0.2) is 31.1 Å². The number of nitrogens with zero attached hydrogens (tertiary/aromatic N) is 1. The van der Waals surface area contributed by atoms with Crippen LogP contribution in [0, 0.1) is 0 Å². The molecule has 2 atom stereocenters. The molecule has 20 heavy (non-hydrogen) atoms. The molecule has 1 fully saturated rings. The molecule has 1 aliphatic heterocycles. The highest BCUT2D eigenvalue weighted by molar-refractivity contribution is 5.76. The van der Waals surface area contributed by atoms with Crippen molar-refractivity contribution >= 4 is 11.6 Å². The first-order chi connectivity index (χ1) is 9.65. The van der Waals surface area contributed by atoms with Gasteiger partial charge in [-0.05, 0) is 38.3 Å². The summed E-state index contributed by atoms with van der Waals surface area (Å²) in [5, 5.41) is 3.14. The summed E-state index contributed by atoms with van der Waals surface area (Å²) >= 11 is 0. The molecule has 0 aliphatic carbocycles. The third-order valence-electron chi connectivity index (χ3n) is 3.73. The number of piperidine rings is 1. The van der Waals surface area contributed by atoms with Gasteiger partial charge in [0.2, 0.25) is 5.91 Å². The second-order valence-electron chi connectivity index (χ2n) is 5.70. The van der Waals surface area contributed by atoms with E-state index >= 15 is 0 Å². The number of benzene rings is 1. The summed E-state index contributed by atoms with van der Waals surface area (Å²) in [4.78, 5) is 14.2. The van der Waals surface area contributed by atoms with Gasteiger partial charge in [-0.3, -0.25) is 4.79 Å². The third-order valence-corrected chi connectivity index (χ3v) is 3.73. The van der Waals surface area contributed by atoms with Gasteiger partial charge < -0.3 is 16.0 Å². The van der Waals surface area contributed by atoms with E-state index in [9.17, 15) is 4.79 Å². The van der Waals surface area contributed by atoms with Crippen molar-refractivity contribution in [1.29, 1.82) is 0 Å². The summed E-state index contributed by atoms with van der Waals surface area (Å²) in [5.41, 5.74) is 6.92. The average Bonchev–Trinajstić information content (AvgIpc) is 2.46. The Bertz CT molecular complexity index is 419. The minimum absolute atomic E-state index is 0.0907. The fraction of sp³-hybridized carbons (Fsp3) is 0.562. The number of carbonyl (C=O) groups is 1. The van der Waals surface area contributed by atoms with Crippen LogP contribution in [0.1, 0.15) is 32.6 Å². The summed E-state index contributed by atoms with van der Waals surface area (Å²) < 4.78 is 0. The molecule has 0 radical (unpaired) electrons. The van der Waals surface area contributed by atoms with Crippen LogP contribution < -0.4 is 16.0 Å². The van der Waals surface area contributed by atoms with E-state index < -0.39 is 0 Å². The lowest BCUT2D eigenvalue weighted by Crippen LogP contribution is -2.48. The molecule has 1 saturated heterocycles. The first-order valence-electron chi connectivity index (χ1n) is 7.50. The minimum atomic E-state index is 0.0907. The Labute approximate surface area is 121 Å². The SMILES string of the molecule is CC(N)CCC(=O)NC1CCCN(c2ccccc2)C1. The molecule has 1 aromatic rings. The first kappa shape index (κ1) is 14.9. The van der Waals surface area contributed by atoms with Crippen molar-refractivity contribution in [2.75, 3.05) is 18.0 Å². The Morgan fingerprint density at radius 1 is 1.45 bits per heavy atom. The molecule has 1 heterocycles. The lowest BCUT2D eigenvalue weighted by molar-refractivity contribution is -0.122. The van der Waals surface area contributed by atoms with E-state index in [1.807, 2.05) is 13.0 Å². The monoisotopic (exact) mass is 275 g/mol.